The highest BCUT2D eigenvalue weighted by Crippen LogP contribution is 2.35. The van der Waals surface area contributed by atoms with Gasteiger partial charge in [0.1, 0.15) is 0 Å². The van der Waals surface area contributed by atoms with E-state index in [0.29, 0.717) is 5.25 Å². The van der Waals surface area contributed by atoms with Gasteiger partial charge in [0, 0.05) is 12.3 Å². The summed E-state index contributed by atoms with van der Waals surface area (Å²) in [7, 11) is 2.24. The Balaban J connectivity index is 1.47. The number of hydrogen-bond acceptors (Lipinski definition) is 2. The van der Waals surface area contributed by atoms with Crippen LogP contribution in [0.5, 0.6) is 0 Å². The topological polar surface area (TPSA) is 3.24 Å². The molecule has 0 N–H and O–H groups in total. The van der Waals surface area contributed by atoms with E-state index in [1.807, 2.05) is 11.8 Å². The highest BCUT2D eigenvalue weighted by Gasteiger charge is 2.14. The largest absolute Gasteiger partial charge is 0.306 e. The lowest BCUT2D eigenvalue weighted by atomic mass is 10.0. The molecular weight excluding hydrogens is 346 g/mol. The quantitative estimate of drug-likeness (QED) is 0.423. The summed E-state index contributed by atoms with van der Waals surface area (Å²) in [6.07, 6.45) is 2.38. The SMILES string of the molecule is CN(CCCc1ccccc1)CCSC(c1ccccc1)c1ccccc1. The summed E-state index contributed by atoms with van der Waals surface area (Å²) in [4.78, 5) is 2.46. The van der Waals surface area contributed by atoms with E-state index in [4.69, 9.17) is 0 Å². The van der Waals surface area contributed by atoms with Crippen molar-refractivity contribution < 1.29 is 0 Å². The smallest absolute Gasteiger partial charge is 0.0547 e. The van der Waals surface area contributed by atoms with Gasteiger partial charge in [-0.1, -0.05) is 91.0 Å². The predicted octanol–water partition coefficient (Wildman–Crippen LogP) is 6.07. The van der Waals surface area contributed by atoms with Crippen LogP contribution in [0.1, 0.15) is 28.4 Å². The summed E-state index contributed by atoms with van der Waals surface area (Å²) >= 11 is 2.04. The molecule has 0 fully saturated rings. The molecule has 3 aromatic rings. The minimum absolute atomic E-state index is 0.408. The van der Waals surface area contributed by atoms with E-state index < -0.39 is 0 Å². The van der Waals surface area contributed by atoms with Crippen molar-refractivity contribution in [1.82, 2.24) is 4.90 Å². The van der Waals surface area contributed by atoms with Crippen LogP contribution < -0.4 is 0 Å². The van der Waals surface area contributed by atoms with E-state index in [1.54, 1.807) is 0 Å². The molecule has 0 bridgehead atoms. The molecule has 0 spiro atoms. The third-order valence-electron chi connectivity index (χ3n) is 4.81. The molecule has 0 heterocycles. The second-order valence-corrected chi connectivity index (χ2v) is 8.18. The van der Waals surface area contributed by atoms with Crippen LogP contribution in [0.25, 0.3) is 0 Å². The van der Waals surface area contributed by atoms with Gasteiger partial charge in [0.25, 0.3) is 0 Å². The molecule has 140 valence electrons. The van der Waals surface area contributed by atoms with Crippen molar-refractivity contribution >= 4 is 11.8 Å². The van der Waals surface area contributed by atoms with Crippen LogP contribution in [0.4, 0.5) is 0 Å². The maximum atomic E-state index is 2.46. The summed E-state index contributed by atoms with van der Waals surface area (Å²) < 4.78 is 0. The molecule has 0 aliphatic carbocycles. The summed E-state index contributed by atoms with van der Waals surface area (Å²) in [5.74, 6) is 1.14. The first-order valence-corrected chi connectivity index (χ1v) is 10.8. The Labute approximate surface area is 168 Å². The Kier molecular flexibility index (Phi) is 8.01. The van der Waals surface area contributed by atoms with Crippen LogP contribution in [0.2, 0.25) is 0 Å². The second kappa shape index (κ2) is 11.0. The first-order chi connectivity index (χ1) is 13.3. The molecule has 0 aliphatic heterocycles. The second-order valence-electron chi connectivity index (χ2n) is 6.96. The molecule has 1 nitrogen and oxygen atoms in total. The number of aryl methyl sites for hydroxylation is 1. The van der Waals surface area contributed by atoms with E-state index in [2.05, 4.69) is 103 Å². The molecule has 3 aromatic carbocycles. The first kappa shape index (κ1) is 19.7. The van der Waals surface area contributed by atoms with E-state index in [-0.39, 0.29) is 0 Å². The third kappa shape index (κ3) is 6.57. The van der Waals surface area contributed by atoms with Gasteiger partial charge >= 0.3 is 0 Å². The number of hydrogen-bond donors (Lipinski definition) is 0. The zero-order chi connectivity index (χ0) is 18.7. The molecule has 2 heteroatoms. The molecule has 0 amide bonds. The normalized spacial score (nSPS) is 11.2. The molecule has 0 radical (unpaired) electrons. The summed E-state index contributed by atoms with van der Waals surface area (Å²) in [5.41, 5.74) is 4.22. The Morgan fingerprint density at radius 2 is 1.22 bits per heavy atom. The van der Waals surface area contributed by atoms with Crippen LogP contribution in [0.3, 0.4) is 0 Å². The highest BCUT2D eigenvalue weighted by atomic mass is 32.2. The van der Waals surface area contributed by atoms with Gasteiger partial charge in [0.05, 0.1) is 5.25 Å². The summed E-state index contributed by atoms with van der Waals surface area (Å²) in [6.45, 7) is 2.27. The average molecular weight is 376 g/mol. The fourth-order valence-electron chi connectivity index (χ4n) is 3.28. The van der Waals surface area contributed by atoms with Crippen LogP contribution in [-0.2, 0) is 6.42 Å². The van der Waals surface area contributed by atoms with Crippen molar-refractivity contribution in [1.29, 1.82) is 0 Å². The van der Waals surface area contributed by atoms with Crippen LogP contribution in [0.15, 0.2) is 91.0 Å². The van der Waals surface area contributed by atoms with Gasteiger partial charge in [0.2, 0.25) is 0 Å². The Hall–Kier alpha value is -2.03. The number of thioether (sulfide) groups is 1. The van der Waals surface area contributed by atoms with E-state index in [9.17, 15) is 0 Å². The van der Waals surface area contributed by atoms with Gasteiger partial charge < -0.3 is 4.90 Å². The zero-order valence-corrected chi connectivity index (χ0v) is 16.9. The standard InChI is InChI=1S/C25H29NS/c1-26(19-11-14-22-12-5-2-6-13-22)20-21-27-25(23-15-7-3-8-16-23)24-17-9-4-10-18-24/h2-10,12-13,15-18,25H,11,14,19-21H2,1H3. The molecule has 0 aliphatic rings. The molecule has 0 unspecified atom stereocenters. The maximum Gasteiger partial charge on any atom is 0.0547 e. The lowest BCUT2D eigenvalue weighted by Crippen LogP contribution is -2.23. The highest BCUT2D eigenvalue weighted by molar-refractivity contribution is 7.99. The minimum atomic E-state index is 0.408. The van der Waals surface area contributed by atoms with Crippen molar-refractivity contribution in [2.24, 2.45) is 0 Å². The van der Waals surface area contributed by atoms with E-state index >= 15 is 0 Å². The number of benzene rings is 3. The van der Waals surface area contributed by atoms with E-state index in [1.165, 1.54) is 23.1 Å². The Morgan fingerprint density at radius 3 is 1.78 bits per heavy atom. The van der Waals surface area contributed by atoms with Crippen LogP contribution in [-0.4, -0.2) is 30.8 Å². The monoisotopic (exact) mass is 375 g/mol. The summed E-state index contributed by atoms with van der Waals surface area (Å²) in [5, 5.41) is 0.408. The molecule has 3 rings (SSSR count). The molecule has 27 heavy (non-hydrogen) atoms. The lowest BCUT2D eigenvalue weighted by molar-refractivity contribution is 0.350. The number of rotatable bonds is 10. The van der Waals surface area contributed by atoms with Crippen LogP contribution >= 0.6 is 11.8 Å². The van der Waals surface area contributed by atoms with Gasteiger partial charge in [-0.3, -0.25) is 0 Å². The van der Waals surface area contributed by atoms with Gasteiger partial charge in [-0.25, -0.2) is 0 Å². The van der Waals surface area contributed by atoms with Crippen LogP contribution in [0, 0.1) is 0 Å². The fraction of sp³-hybridized carbons (Fsp3) is 0.280. The van der Waals surface area contributed by atoms with E-state index in [0.717, 1.165) is 25.3 Å². The predicted molar refractivity (Wildman–Crippen MR) is 119 cm³/mol. The van der Waals surface area contributed by atoms with Gasteiger partial charge in [-0.2, -0.15) is 0 Å². The third-order valence-corrected chi connectivity index (χ3v) is 6.11. The van der Waals surface area contributed by atoms with Gasteiger partial charge in [-0.05, 0) is 43.1 Å². The van der Waals surface area contributed by atoms with Crippen molar-refractivity contribution in [3.05, 3.63) is 108 Å². The molecular formula is C25H29NS. The molecule has 0 atom stereocenters. The Bertz CT molecular complexity index is 719. The zero-order valence-electron chi connectivity index (χ0n) is 16.1. The molecule has 0 saturated heterocycles. The maximum absolute atomic E-state index is 2.46. The molecule has 0 saturated carbocycles. The van der Waals surface area contributed by atoms with Gasteiger partial charge in [0.15, 0.2) is 0 Å². The summed E-state index contributed by atoms with van der Waals surface area (Å²) in [6, 6.07) is 32.5. The lowest BCUT2D eigenvalue weighted by Gasteiger charge is -2.21. The number of nitrogens with zero attached hydrogens (tertiary/aromatic N) is 1. The van der Waals surface area contributed by atoms with Crippen molar-refractivity contribution in [3.8, 4) is 0 Å². The molecule has 0 aromatic heterocycles. The fourth-order valence-corrected chi connectivity index (χ4v) is 4.63. The Morgan fingerprint density at radius 1 is 0.704 bits per heavy atom. The van der Waals surface area contributed by atoms with Crippen molar-refractivity contribution in [2.75, 3.05) is 25.9 Å². The van der Waals surface area contributed by atoms with Crippen molar-refractivity contribution in [3.63, 3.8) is 0 Å². The minimum Gasteiger partial charge on any atom is -0.306 e. The van der Waals surface area contributed by atoms with Crippen molar-refractivity contribution in [2.45, 2.75) is 18.1 Å². The average Bonchev–Trinajstić information content (AvgIpc) is 2.73. The first-order valence-electron chi connectivity index (χ1n) is 9.77. The van der Waals surface area contributed by atoms with Gasteiger partial charge in [-0.15, -0.1) is 11.8 Å².